The molecule has 3 aromatic rings. The second kappa shape index (κ2) is 8.06. The van der Waals surface area contributed by atoms with Crippen molar-refractivity contribution in [1.82, 2.24) is 29.9 Å². The summed E-state index contributed by atoms with van der Waals surface area (Å²) in [6.07, 6.45) is 6.64. The summed E-state index contributed by atoms with van der Waals surface area (Å²) in [6, 6.07) is 5.24. The molecule has 10 nitrogen and oxygen atoms in total. The Bertz CT molecular complexity index is 1240. The van der Waals surface area contributed by atoms with Gasteiger partial charge in [0, 0.05) is 30.8 Å². The third-order valence-electron chi connectivity index (χ3n) is 6.87. The van der Waals surface area contributed by atoms with Gasteiger partial charge in [0.25, 0.3) is 0 Å². The third-order valence-corrected chi connectivity index (χ3v) is 7.20. The molecule has 4 heterocycles. The van der Waals surface area contributed by atoms with Crippen molar-refractivity contribution >= 4 is 23.3 Å². The molecule has 2 saturated carbocycles. The molecule has 2 aromatic heterocycles. The fourth-order valence-corrected chi connectivity index (χ4v) is 5.50. The van der Waals surface area contributed by atoms with Crippen LogP contribution in [0.25, 0.3) is 11.4 Å². The highest BCUT2D eigenvalue weighted by molar-refractivity contribution is 6.33. The van der Waals surface area contributed by atoms with Crippen LogP contribution >= 0.6 is 11.6 Å². The van der Waals surface area contributed by atoms with E-state index in [2.05, 4.69) is 32.5 Å². The number of rotatable bonds is 6. The van der Waals surface area contributed by atoms with E-state index < -0.39 is 5.54 Å². The lowest BCUT2D eigenvalue weighted by molar-refractivity contribution is -0.110. The van der Waals surface area contributed by atoms with Gasteiger partial charge < -0.3 is 19.4 Å². The number of carbonyl (C=O) groups is 1. The van der Waals surface area contributed by atoms with Crippen LogP contribution in [0, 0.1) is 5.92 Å². The van der Waals surface area contributed by atoms with Gasteiger partial charge in [0.15, 0.2) is 5.82 Å². The quantitative estimate of drug-likeness (QED) is 0.561. The van der Waals surface area contributed by atoms with E-state index in [1.165, 1.54) is 0 Å². The first-order valence-electron chi connectivity index (χ1n) is 11.6. The van der Waals surface area contributed by atoms with E-state index in [1.54, 1.807) is 36.3 Å². The van der Waals surface area contributed by atoms with Gasteiger partial charge in [0.2, 0.25) is 11.8 Å². The van der Waals surface area contributed by atoms with Crippen LogP contribution < -0.4 is 5.32 Å². The zero-order valence-corrected chi connectivity index (χ0v) is 19.8. The highest BCUT2D eigenvalue weighted by atomic mass is 35.5. The van der Waals surface area contributed by atoms with Crippen LogP contribution in [0.5, 0.6) is 0 Å². The number of benzene rings is 1. The molecule has 2 bridgehead atoms. The number of fused-ring (bicyclic) bond motifs is 2. The Morgan fingerprint density at radius 2 is 2.18 bits per heavy atom. The van der Waals surface area contributed by atoms with Crippen molar-refractivity contribution < 1.29 is 13.9 Å². The number of urea groups is 1. The van der Waals surface area contributed by atoms with E-state index in [0.29, 0.717) is 52.5 Å². The number of piperidine rings is 1. The molecule has 2 aliphatic heterocycles. The Labute approximate surface area is 201 Å². The molecule has 0 unspecified atom stereocenters. The number of nitrogens with one attached hydrogen (secondary N) is 1. The van der Waals surface area contributed by atoms with E-state index in [0.717, 1.165) is 32.1 Å². The third kappa shape index (κ3) is 3.74. The van der Waals surface area contributed by atoms with Gasteiger partial charge in [0.05, 0.1) is 11.1 Å². The fraction of sp³-hybridized carbons (Fsp3) is 0.522. The largest absolute Gasteiger partial charge is 0.420 e. The number of aryl methyl sites for hydroxylation is 1. The fourth-order valence-electron chi connectivity index (χ4n) is 5.29. The van der Waals surface area contributed by atoms with Crippen molar-refractivity contribution in [2.45, 2.75) is 63.3 Å². The first-order valence-corrected chi connectivity index (χ1v) is 12.0. The van der Waals surface area contributed by atoms with Crippen LogP contribution in [0.1, 0.15) is 50.8 Å². The second-order valence-corrected chi connectivity index (χ2v) is 10.1. The lowest BCUT2D eigenvalue weighted by atomic mass is 9.64. The number of halogens is 1. The van der Waals surface area contributed by atoms with E-state index in [4.69, 9.17) is 20.8 Å². The van der Waals surface area contributed by atoms with Gasteiger partial charge in [-0.15, -0.1) is 10.2 Å². The number of hydrogen-bond donors (Lipinski definition) is 1. The summed E-state index contributed by atoms with van der Waals surface area (Å²) in [6.45, 7) is 2.52. The van der Waals surface area contributed by atoms with Crippen LogP contribution in [-0.4, -0.2) is 48.0 Å². The highest BCUT2D eigenvalue weighted by Crippen LogP contribution is 2.55. The van der Waals surface area contributed by atoms with E-state index in [1.807, 2.05) is 4.90 Å². The van der Waals surface area contributed by atoms with Crippen molar-refractivity contribution in [2.75, 3.05) is 5.32 Å². The maximum atomic E-state index is 13.5. The summed E-state index contributed by atoms with van der Waals surface area (Å²) >= 11 is 6.37. The lowest BCUT2D eigenvalue weighted by Gasteiger charge is -2.61. The Kier molecular flexibility index (Phi) is 5.11. The number of nitrogens with zero attached hydrogens (tertiary/aromatic N) is 6. The SMILES string of the molecule is C[C@@H]1C[C@H]2C[C@@](c3nnc(COC4CC4)o3)(C1)N2C(=O)Nc1ccc(Cl)c(-c2ncn(C)n2)c1. The summed E-state index contributed by atoms with van der Waals surface area (Å²) in [7, 11) is 1.79. The first-order chi connectivity index (χ1) is 16.4. The zero-order valence-electron chi connectivity index (χ0n) is 19.1. The maximum Gasteiger partial charge on any atom is 0.323 e. The average molecular weight is 484 g/mol. The number of amides is 2. The molecule has 4 aliphatic rings. The molecule has 11 heteroatoms. The summed E-state index contributed by atoms with van der Waals surface area (Å²) < 4.78 is 13.3. The molecule has 2 aliphatic carbocycles. The molecule has 7 rings (SSSR count). The number of hydrogen-bond acceptors (Lipinski definition) is 7. The zero-order chi connectivity index (χ0) is 23.4. The lowest BCUT2D eigenvalue weighted by Crippen LogP contribution is -2.70. The number of anilines is 1. The summed E-state index contributed by atoms with van der Waals surface area (Å²) in [5.41, 5.74) is 0.688. The molecule has 4 fully saturated rings. The summed E-state index contributed by atoms with van der Waals surface area (Å²) in [4.78, 5) is 19.6. The Morgan fingerprint density at radius 1 is 1.32 bits per heavy atom. The topological polar surface area (TPSA) is 111 Å². The van der Waals surface area contributed by atoms with Crippen LogP contribution in [-0.2, 0) is 23.9 Å². The average Bonchev–Trinajstić information content (AvgIpc) is 3.32. The van der Waals surface area contributed by atoms with E-state index >= 15 is 0 Å². The van der Waals surface area contributed by atoms with Crippen LogP contribution in [0.3, 0.4) is 0 Å². The molecule has 178 valence electrons. The van der Waals surface area contributed by atoms with Gasteiger partial charge >= 0.3 is 6.03 Å². The number of ether oxygens (including phenoxy) is 1. The van der Waals surface area contributed by atoms with Crippen LogP contribution in [0.15, 0.2) is 28.9 Å². The molecule has 0 radical (unpaired) electrons. The molecular formula is C23H26ClN7O3. The van der Waals surface area contributed by atoms with Gasteiger partial charge in [-0.05, 0) is 49.8 Å². The summed E-state index contributed by atoms with van der Waals surface area (Å²) in [5, 5.41) is 16.4. The van der Waals surface area contributed by atoms with Crippen LogP contribution in [0.2, 0.25) is 5.02 Å². The van der Waals surface area contributed by atoms with Crippen molar-refractivity contribution in [1.29, 1.82) is 0 Å². The summed E-state index contributed by atoms with van der Waals surface area (Å²) in [5.74, 6) is 1.91. The standard InChI is InChI=1S/C23H26ClN7O3/c1-13-7-15-10-23(9-13,21-28-27-19(34-21)11-33-16-4-5-16)31(15)22(32)26-14-3-6-18(24)17(8-14)20-25-12-30(2)29-20/h3,6,8,12-13,15-16H,4-5,7,9-11H2,1-2H3,(H,26,32)/t13-,15+,23-/m1/s1. The second-order valence-electron chi connectivity index (χ2n) is 9.68. The molecule has 1 aromatic carbocycles. The Balaban J connectivity index is 1.23. The van der Waals surface area contributed by atoms with Gasteiger partial charge in [-0.3, -0.25) is 4.68 Å². The van der Waals surface area contributed by atoms with Gasteiger partial charge in [0.1, 0.15) is 18.5 Å². The smallest absolute Gasteiger partial charge is 0.323 e. The van der Waals surface area contributed by atoms with E-state index in [9.17, 15) is 4.79 Å². The highest BCUT2D eigenvalue weighted by Gasteiger charge is 2.62. The first kappa shape index (κ1) is 21.5. The molecule has 2 amide bonds. The van der Waals surface area contributed by atoms with Crippen molar-refractivity contribution in [3.8, 4) is 11.4 Å². The molecule has 1 N–H and O–H groups in total. The minimum Gasteiger partial charge on any atom is -0.420 e. The number of aromatic nitrogens is 5. The minimum absolute atomic E-state index is 0.131. The molecule has 0 spiro atoms. The van der Waals surface area contributed by atoms with Crippen molar-refractivity contribution in [2.24, 2.45) is 13.0 Å². The minimum atomic E-state index is -0.588. The predicted octanol–water partition coefficient (Wildman–Crippen LogP) is 4.13. The molecule has 34 heavy (non-hydrogen) atoms. The maximum absolute atomic E-state index is 13.5. The normalized spacial score (nSPS) is 25.8. The van der Waals surface area contributed by atoms with Gasteiger partial charge in [-0.25, -0.2) is 9.78 Å². The predicted molar refractivity (Wildman–Crippen MR) is 123 cm³/mol. The van der Waals surface area contributed by atoms with E-state index in [-0.39, 0.29) is 12.1 Å². The molecule has 2 saturated heterocycles. The monoisotopic (exact) mass is 483 g/mol. The Hall–Kier alpha value is -2.98. The van der Waals surface area contributed by atoms with Crippen molar-refractivity contribution in [3.63, 3.8) is 0 Å². The van der Waals surface area contributed by atoms with Gasteiger partial charge in [-0.1, -0.05) is 18.5 Å². The molecular weight excluding hydrogens is 458 g/mol. The van der Waals surface area contributed by atoms with Crippen molar-refractivity contribution in [3.05, 3.63) is 41.3 Å². The molecule has 3 atom stereocenters. The van der Waals surface area contributed by atoms with Gasteiger partial charge in [-0.2, -0.15) is 5.10 Å². The number of carbonyl (C=O) groups excluding carboxylic acids is 1. The Morgan fingerprint density at radius 3 is 2.94 bits per heavy atom. The van der Waals surface area contributed by atoms with Crippen LogP contribution in [0.4, 0.5) is 10.5 Å².